The monoisotopic (exact) mass is 360 g/mol. The summed E-state index contributed by atoms with van der Waals surface area (Å²) in [6, 6.07) is 0.621. The molecular weight excluding hydrogens is 345 g/mol. The number of rotatable bonds is 4. The van der Waals surface area contributed by atoms with Crippen molar-refractivity contribution >= 4 is 17.4 Å². The molecule has 5 nitrogen and oxygen atoms in total. The zero-order chi connectivity index (χ0) is 17.5. The largest absolute Gasteiger partial charge is 0.417 e. The van der Waals surface area contributed by atoms with Crippen molar-refractivity contribution in [1.82, 2.24) is 14.8 Å². The molecule has 1 aliphatic rings. The van der Waals surface area contributed by atoms with E-state index >= 15 is 0 Å². The molecule has 1 fully saturated rings. The Balaban J connectivity index is 1.85. The van der Waals surface area contributed by atoms with E-state index in [2.05, 4.69) is 15.4 Å². The van der Waals surface area contributed by atoms with Gasteiger partial charge >= 0.3 is 6.18 Å². The van der Waals surface area contributed by atoms with Gasteiger partial charge < -0.3 is 10.4 Å². The minimum atomic E-state index is -4.49. The van der Waals surface area contributed by atoms with Crippen LogP contribution in [0.1, 0.15) is 30.0 Å². The van der Waals surface area contributed by atoms with Crippen molar-refractivity contribution in [2.24, 2.45) is 13.0 Å². The lowest BCUT2D eigenvalue weighted by Crippen LogP contribution is -2.36. The summed E-state index contributed by atoms with van der Waals surface area (Å²) in [6.07, 6.45) is 0.614. The fourth-order valence-electron chi connectivity index (χ4n) is 2.82. The van der Waals surface area contributed by atoms with E-state index in [-0.39, 0.29) is 28.9 Å². The molecule has 9 heteroatoms. The second-order valence-corrected chi connectivity index (χ2v) is 6.41. The van der Waals surface area contributed by atoms with Crippen LogP contribution in [0, 0.1) is 5.92 Å². The molecule has 2 heterocycles. The molecule has 0 bridgehead atoms. The van der Waals surface area contributed by atoms with Crippen LogP contribution in [-0.2, 0) is 13.2 Å². The number of pyridine rings is 1. The minimum absolute atomic E-state index is 0.0985. The summed E-state index contributed by atoms with van der Waals surface area (Å²) in [5.74, 6) is 0.310. The number of hydrogen-bond donors (Lipinski definition) is 2. The Morgan fingerprint density at radius 2 is 2.08 bits per heavy atom. The van der Waals surface area contributed by atoms with Crippen LogP contribution < -0.4 is 5.32 Å². The Morgan fingerprint density at radius 3 is 2.58 bits per heavy atom. The molecule has 1 saturated carbocycles. The molecule has 24 heavy (non-hydrogen) atoms. The van der Waals surface area contributed by atoms with Crippen molar-refractivity contribution in [2.75, 3.05) is 5.32 Å². The molecule has 0 aromatic carbocycles. The average molecular weight is 361 g/mol. The van der Waals surface area contributed by atoms with E-state index in [1.54, 1.807) is 17.9 Å². The highest BCUT2D eigenvalue weighted by molar-refractivity contribution is 6.33. The third-order valence-electron chi connectivity index (χ3n) is 4.17. The van der Waals surface area contributed by atoms with E-state index in [1.165, 1.54) is 0 Å². The summed E-state index contributed by atoms with van der Waals surface area (Å²) < 4.78 is 39.8. The van der Waals surface area contributed by atoms with Gasteiger partial charge in [-0.1, -0.05) is 11.6 Å². The molecule has 1 atom stereocenters. The summed E-state index contributed by atoms with van der Waals surface area (Å²) in [7, 11) is 1.78. The van der Waals surface area contributed by atoms with Gasteiger partial charge in [0.15, 0.2) is 0 Å². The van der Waals surface area contributed by atoms with Gasteiger partial charge in [-0.05, 0) is 24.8 Å². The maximum Gasteiger partial charge on any atom is 0.417 e. The molecule has 0 aliphatic heterocycles. The number of aliphatic hydroxyl groups excluding tert-OH is 1. The quantitative estimate of drug-likeness (QED) is 0.877. The molecule has 0 amide bonds. The van der Waals surface area contributed by atoms with Crippen LogP contribution in [0.25, 0.3) is 0 Å². The molecule has 3 rings (SSSR count). The Kier molecular flexibility index (Phi) is 4.44. The number of halogens is 4. The van der Waals surface area contributed by atoms with Gasteiger partial charge in [0, 0.05) is 25.0 Å². The first-order chi connectivity index (χ1) is 11.2. The first kappa shape index (κ1) is 17.0. The number of alkyl halides is 3. The molecule has 0 radical (unpaired) electrons. The number of anilines is 1. The second-order valence-electron chi connectivity index (χ2n) is 6.01. The molecule has 0 saturated heterocycles. The summed E-state index contributed by atoms with van der Waals surface area (Å²) in [4.78, 5) is 3.82. The lowest BCUT2D eigenvalue weighted by Gasteiger charge is -2.38. The van der Waals surface area contributed by atoms with Gasteiger partial charge in [-0.25, -0.2) is 4.98 Å². The predicted octanol–water partition coefficient (Wildman–Crippen LogP) is 3.41. The van der Waals surface area contributed by atoms with E-state index in [1.807, 2.05) is 6.20 Å². The standard InChI is InChI=1S/C15H16ClF3N4O/c1-23-7-9(5-21-23)13(8-2-11(24)3-8)22-14-12(16)4-10(6-20-14)15(17,18)19/h4-8,11,13,24H,2-3H2,1H3,(H,20,22)/t8?,11?,13-/m0/s1. The Bertz CT molecular complexity index is 728. The first-order valence-electron chi connectivity index (χ1n) is 7.40. The molecule has 2 aromatic heterocycles. The number of aliphatic hydroxyl groups is 1. The maximum atomic E-state index is 12.7. The Labute approximate surface area is 141 Å². The normalized spacial score (nSPS) is 22.1. The highest BCUT2D eigenvalue weighted by Crippen LogP contribution is 2.41. The van der Waals surface area contributed by atoms with Crippen LogP contribution in [-0.4, -0.2) is 26.0 Å². The van der Waals surface area contributed by atoms with Gasteiger partial charge in [0.05, 0.1) is 28.9 Å². The third-order valence-corrected chi connectivity index (χ3v) is 4.45. The van der Waals surface area contributed by atoms with Crippen molar-refractivity contribution in [2.45, 2.75) is 31.2 Å². The van der Waals surface area contributed by atoms with Crippen LogP contribution in [0.4, 0.5) is 19.0 Å². The first-order valence-corrected chi connectivity index (χ1v) is 7.77. The number of aryl methyl sites for hydroxylation is 1. The summed E-state index contributed by atoms with van der Waals surface area (Å²) in [5, 5.41) is 16.7. The van der Waals surface area contributed by atoms with Crippen LogP contribution in [0.2, 0.25) is 5.02 Å². The minimum Gasteiger partial charge on any atom is -0.393 e. The molecule has 130 valence electrons. The van der Waals surface area contributed by atoms with Crippen molar-refractivity contribution in [3.8, 4) is 0 Å². The SMILES string of the molecule is Cn1cc([C@@H](Nc2ncc(C(F)(F)F)cc2Cl)C2CC(O)C2)cn1. The van der Waals surface area contributed by atoms with Crippen molar-refractivity contribution < 1.29 is 18.3 Å². The fraction of sp³-hybridized carbons (Fsp3) is 0.467. The van der Waals surface area contributed by atoms with E-state index < -0.39 is 11.7 Å². The molecule has 1 aliphatic carbocycles. The zero-order valence-corrected chi connectivity index (χ0v) is 13.5. The van der Waals surface area contributed by atoms with Gasteiger partial charge in [0.1, 0.15) is 5.82 Å². The van der Waals surface area contributed by atoms with Crippen molar-refractivity contribution in [3.63, 3.8) is 0 Å². The Hall–Kier alpha value is -1.80. The van der Waals surface area contributed by atoms with Gasteiger partial charge in [0.2, 0.25) is 0 Å². The fourth-order valence-corrected chi connectivity index (χ4v) is 3.04. The zero-order valence-electron chi connectivity index (χ0n) is 12.8. The van der Waals surface area contributed by atoms with Crippen LogP contribution in [0.5, 0.6) is 0 Å². The van der Waals surface area contributed by atoms with E-state index in [0.717, 1.165) is 17.8 Å². The van der Waals surface area contributed by atoms with Gasteiger partial charge in [-0.2, -0.15) is 18.3 Å². The lowest BCUT2D eigenvalue weighted by atomic mass is 9.75. The van der Waals surface area contributed by atoms with Crippen molar-refractivity contribution in [3.05, 3.63) is 40.8 Å². The number of nitrogens with zero attached hydrogens (tertiary/aromatic N) is 3. The molecule has 2 aromatic rings. The topological polar surface area (TPSA) is 63.0 Å². The van der Waals surface area contributed by atoms with Crippen LogP contribution in [0.15, 0.2) is 24.7 Å². The van der Waals surface area contributed by atoms with Gasteiger partial charge in [-0.3, -0.25) is 4.68 Å². The summed E-state index contributed by atoms with van der Waals surface area (Å²) >= 11 is 5.97. The summed E-state index contributed by atoms with van der Waals surface area (Å²) in [6.45, 7) is 0. The molecular formula is C15H16ClF3N4O. The van der Waals surface area contributed by atoms with E-state index in [0.29, 0.717) is 12.8 Å². The summed E-state index contributed by atoms with van der Waals surface area (Å²) in [5.41, 5.74) is -0.0257. The van der Waals surface area contributed by atoms with Crippen LogP contribution >= 0.6 is 11.6 Å². The smallest absolute Gasteiger partial charge is 0.393 e. The average Bonchev–Trinajstić information content (AvgIpc) is 2.88. The highest BCUT2D eigenvalue weighted by Gasteiger charge is 2.36. The molecule has 0 unspecified atom stereocenters. The highest BCUT2D eigenvalue weighted by atomic mass is 35.5. The van der Waals surface area contributed by atoms with Crippen LogP contribution in [0.3, 0.4) is 0 Å². The number of nitrogens with one attached hydrogen (secondary N) is 1. The lowest BCUT2D eigenvalue weighted by molar-refractivity contribution is -0.137. The van der Waals surface area contributed by atoms with E-state index in [9.17, 15) is 18.3 Å². The number of aromatic nitrogens is 3. The van der Waals surface area contributed by atoms with Gasteiger partial charge in [0.25, 0.3) is 0 Å². The molecule has 0 spiro atoms. The second kappa shape index (κ2) is 6.25. The van der Waals surface area contributed by atoms with E-state index in [4.69, 9.17) is 11.6 Å². The third kappa shape index (κ3) is 3.49. The predicted molar refractivity (Wildman–Crippen MR) is 82.6 cm³/mol. The van der Waals surface area contributed by atoms with Gasteiger partial charge in [-0.15, -0.1) is 0 Å². The Morgan fingerprint density at radius 1 is 1.38 bits per heavy atom. The maximum absolute atomic E-state index is 12.7. The molecule has 2 N–H and O–H groups in total. The number of hydrogen-bond acceptors (Lipinski definition) is 4. The van der Waals surface area contributed by atoms with Crippen molar-refractivity contribution in [1.29, 1.82) is 0 Å².